The zero-order valence-electron chi connectivity index (χ0n) is 9.50. The number of aryl methyl sites for hydroxylation is 1. The predicted octanol–water partition coefficient (Wildman–Crippen LogP) is 2.81. The lowest BCUT2D eigenvalue weighted by Crippen LogP contribution is -2.30. The lowest BCUT2D eigenvalue weighted by molar-refractivity contribution is 0.372. The lowest BCUT2D eigenvalue weighted by Gasteiger charge is -2.22. The fraction of sp³-hybridized carbons (Fsp3) is 0.615. The van der Waals surface area contributed by atoms with Crippen molar-refractivity contribution >= 4 is 0 Å². The van der Waals surface area contributed by atoms with Crippen molar-refractivity contribution in [3.8, 4) is 0 Å². The molecular weight excluding hydrogens is 184 g/mol. The number of nitrogens with zero attached hydrogens (tertiary/aromatic N) is 1. The first-order valence-corrected chi connectivity index (χ1v) is 5.99. The van der Waals surface area contributed by atoms with Gasteiger partial charge in [-0.25, -0.2) is 0 Å². The first kappa shape index (κ1) is 10.6. The smallest absolute Gasteiger partial charge is 0.0375 e. The lowest BCUT2D eigenvalue weighted by atomic mass is 9.95. The minimum atomic E-state index is 0.743. The molecule has 2 rings (SSSR count). The zero-order chi connectivity index (χ0) is 10.5. The van der Waals surface area contributed by atoms with Crippen molar-refractivity contribution in [3.05, 3.63) is 29.6 Å². The van der Waals surface area contributed by atoms with E-state index in [1.54, 1.807) is 0 Å². The van der Waals surface area contributed by atoms with E-state index < -0.39 is 0 Å². The Labute approximate surface area is 92.1 Å². The molecule has 0 atom stereocenters. The van der Waals surface area contributed by atoms with Gasteiger partial charge in [0.15, 0.2) is 0 Å². The largest absolute Gasteiger partial charge is 0.310 e. The fourth-order valence-corrected chi connectivity index (χ4v) is 2.28. The van der Waals surface area contributed by atoms with Gasteiger partial charge in [-0.05, 0) is 37.5 Å². The van der Waals surface area contributed by atoms with Gasteiger partial charge in [0, 0.05) is 24.5 Å². The molecule has 0 saturated heterocycles. The zero-order valence-corrected chi connectivity index (χ0v) is 9.50. The van der Waals surface area contributed by atoms with E-state index in [2.05, 4.69) is 22.4 Å². The number of aromatic nitrogens is 1. The molecule has 1 aromatic heterocycles. The van der Waals surface area contributed by atoms with Gasteiger partial charge in [-0.2, -0.15) is 0 Å². The van der Waals surface area contributed by atoms with Crippen molar-refractivity contribution in [2.24, 2.45) is 0 Å². The van der Waals surface area contributed by atoms with E-state index in [1.165, 1.54) is 37.7 Å². The summed E-state index contributed by atoms with van der Waals surface area (Å²) in [7, 11) is 0. The van der Waals surface area contributed by atoms with Crippen molar-refractivity contribution in [3.63, 3.8) is 0 Å². The molecule has 0 unspecified atom stereocenters. The Morgan fingerprint density at radius 1 is 1.33 bits per heavy atom. The first-order chi connectivity index (χ1) is 7.34. The number of pyridine rings is 1. The SMILES string of the molecule is Cc1cc(CNC2CCCCC2)ccn1. The van der Waals surface area contributed by atoms with Gasteiger partial charge in [-0.15, -0.1) is 0 Å². The Morgan fingerprint density at radius 2 is 2.13 bits per heavy atom. The van der Waals surface area contributed by atoms with Crippen LogP contribution in [0.3, 0.4) is 0 Å². The summed E-state index contributed by atoms with van der Waals surface area (Å²) in [6, 6.07) is 5.01. The van der Waals surface area contributed by atoms with Gasteiger partial charge < -0.3 is 5.32 Å². The summed E-state index contributed by atoms with van der Waals surface area (Å²) in [5, 5.41) is 3.64. The normalized spacial score (nSPS) is 17.9. The molecule has 0 radical (unpaired) electrons. The van der Waals surface area contributed by atoms with Gasteiger partial charge in [0.25, 0.3) is 0 Å². The summed E-state index contributed by atoms with van der Waals surface area (Å²) in [6.45, 7) is 3.04. The quantitative estimate of drug-likeness (QED) is 0.819. The van der Waals surface area contributed by atoms with E-state index in [0.29, 0.717) is 0 Å². The van der Waals surface area contributed by atoms with Crippen molar-refractivity contribution in [1.29, 1.82) is 0 Å². The first-order valence-electron chi connectivity index (χ1n) is 5.99. The number of nitrogens with one attached hydrogen (secondary N) is 1. The van der Waals surface area contributed by atoms with Gasteiger partial charge in [-0.3, -0.25) is 4.98 Å². The summed E-state index contributed by atoms with van der Waals surface area (Å²) in [5.41, 5.74) is 2.46. The highest BCUT2D eigenvalue weighted by atomic mass is 14.9. The second-order valence-electron chi connectivity index (χ2n) is 4.52. The standard InChI is InChI=1S/C13H20N2/c1-11-9-12(7-8-14-11)10-15-13-5-3-2-4-6-13/h7-9,13,15H,2-6,10H2,1H3. The molecule has 1 aliphatic rings. The van der Waals surface area contributed by atoms with E-state index in [9.17, 15) is 0 Å². The summed E-state index contributed by atoms with van der Waals surface area (Å²) >= 11 is 0. The molecule has 1 saturated carbocycles. The van der Waals surface area contributed by atoms with Crippen molar-refractivity contribution in [2.45, 2.75) is 51.6 Å². The van der Waals surface area contributed by atoms with Crippen LogP contribution in [0.1, 0.15) is 43.4 Å². The summed E-state index contributed by atoms with van der Waals surface area (Å²) < 4.78 is 0. The summed E-state index contributed by atoms with van der Waals surface area (Å²) in [5.74, 6) is 0. The molecule has 1 fully saturated rings. The predicted molar refractivity (Wildman–Crippen MR) is 62.7 cm³/mol. The highest BCUT2D eigenvalue weighted by Gasteiger charge is 2.11. The number of hydrogen-bond donors (Lipinski definition) is 1. The van der Waals surface area contributed by atoms with Crippen molar-refractivity contribution in [1.82, 2.24) is 10.3 Å². The van der Waals surface area contributed by atoms with Crippen LogP contribution >= 0.6 is 0 Å². The molecule has 1 aromatic rings. The Morgan fingerprint density at radius 3 is 2.87 bits per heavy atom. The fourth-order valence-electron chi connectivity index (χ4n) is 2.28. The molecular formula is C13H20N2. The maximum atomic E-state index is 4.21. The molecule has 0 spiro atoms. The second kappa shape index (κ2) is 5.26. The minimum Gasteiger partial charge on any atom is -0.310 e. The molecule has 1 N–H and O–H groups in total. The molecule has 2 heteroatoms. The van der Waals surface area contributed by atoms with Crippen LogP contribution in [0.2, 0.25) is 0 Å². The van der Waals surface area contributed by atoms with E-state index >= 15 is 0 Å². The maximum Gasteiger partial charge on any atom is 0.0375 e. The Bertz CT molecular complexity index is 303. The molecule has 0 aromatic carbocycles. The molecule has 2 nitrogen and oxygen atoms in total. The maximum absolute atomic E-state index is 4.21. The van der Waals surface area contributed by atoms with E-state index in [1.807, 2.05) is 13.1 Å². The van der Waals surface area contributed by atoms with Crippen LogP contribution in [-0.4, -0.2) is 11.0 Å². The molecule has 1 aliphatic carbocycles. The molecule has 0 amide bonds. The van der Waals surface area contributed by atoms with Crippen LogP contribution in [-0.2, 0) is 6.54 Å². The van der Waals surface area contributed by atoms with E-state index in [-0.39, 0.29) is 0 Å². The molecule has 1 heterocycles. The molecule has 15 heavy (non-hydrogen) atoms. The van der Waals surface area contributed by atoms with Crippen molar-refractivity contribution in [2.75, 3.05) is 0 Å². The van der Waals surface area contributed by atoms with Crippen LogP contribution < -0.4 is 5.32 Å². The monoisotopic (exact) mass is 204 g/mol. The number of rotatable bonds is 3. The molecule has 0 aliphatic heterocycles. The average Bonchev–Trinajstić information content (AvgIpc) is 2.28. The molecule has 0 bridgehead atoms. The van der Waals surface area contributed by atoms with Crippen LogP contribution in [0.25, 0.3) is 0 Å². The van der Waals surface area contributed by atoms with Gasteiger partial charge in [-0.1, -0.05) is 19.3 Å². The van der Waals surface area contributed by atoms with Crippen LogP contribution in [0.15, 0.2) is 18.3 Å². The van der Waals surface area contributed by atoms with Crippen molar-refractivity contribution < 1.29 is 0 Å². The van der Waals surface area contributed by atoms with Crippen LogP contribution in [0.4, 0.5) is 0 Å². The third kappa shape index (κ3) is 3.31. The number of hydrogen-bond acceptors (Lipinski definition) is 2. The summed E-state index contributed by atoms with van der Waals surface area (Å²) in [4.78, 5) is 4.21. The minimum absolute atomic E-state index is 0.743. The van der Waals surface area contributed by atoms with E-state index in [0.717, 1.165) is 18.3 Å². The van der Waals surface area contributed by atoms with Gasteiger partial charge >= 0.3 is 0 Å². The highest BCUT2D eigenvalue weighted by Crippen LogP contribution is 2.17. The van der Waals surface area contributed by atoms with E-state index in [4.69, 9.17) is 0 Å². The van der Waals surface area contributed by atoms with Gasteiger partial charge in [0.2, 0.25) is 0 Å². The van der Waals surface area contributed by atoms with Gasteiger partial charge in [0.1, 0.15) is 0 Å². The Balaban J connectivity index is 1.81. The Kier molecular flexibility index (Phi) is 3.73. The highest BCUT2D eigenvalue weighted by molar-refractivity contribution is 5.15. The molecule has 82 valence electrons. The van der Waals surface area contributed by atoms with Crippen LogP contribution in [0, 0.1) is 6.92 Å². The Hall–Kier alpha value is -0.890. The van der Waals surface area contributed by atoms with Crippen LogP contribution in [0.5, 0.6) is 0 Å². The third-order valence-corrected chi connectivity index (χ3v) is 3.16. The summed E-state index contributed by atoms with van der Waals surface area (Å²) in [6.07, 6.45) is 8.81. The second-order valence-corrected chi connectivity index (χ2v) is 4.52. The average molecular weight is 204 g/mol. The topological polar surface area (TPSA) is 24.9 Å². The van der Waals surface area contributed by atoms with Gasteiger partial charge in [0.05, 0.1) is 0 Å². The third-order valence-electron chi connectivity index (χ3n) is 3.16.